The first-order chi connectivity index (χ1) is 12.8. The summed E-state index contributed by atoms with van der Waals surface area (Å²) in [6.45, 7) is 4.25. The average Bonchev–Trinajstić information content (AvgIpc) is 3.12. The standard InChI is InChI=1S/C17H22N8S/c1-26-17-19-6-5-13(21-17)14-12-11-20-16(22-15(12)24-23-14)18-7-10-25-8-3-2-4-9-25/h5-6,11H,2-4,7-10H2,1H3,(H2,18,20,22,23,24). The Kier molecular flexibility index (Phi) is 5.26. The molecule has 1 fully saturated rings. The molecule has 0 bridgehead atoms. The van der Waals surface area contributed by atoms with Crippen LogP contribution in [0.25, 0.3) is 22.4 Å². The summed E-state index contributed by atoms with van der Waals surface area (Å²) in [4.78, 5) is 20.2. The molecule has 136 valence electrons. The van der Waals surface area contributed by atoms with E-state index in [0.29, 0.717) is 11.6 Å². The summed E-state index contributed by atoms with van der Waals surface area (Å²) in [6.07, 6.45) is 9.47. The Labute approximate surface area is 156 Å². The van der Waals surface area contributed by atoms with Gasteiger partial charge in [-0.3, -0.25) is 5.10 Å². The molecule has 26 heavy (non-hydrogen) atoms. The minimum atomic E-state index is 0.611. The van der Waals surface area contributed by atoms with Crippen LogP contribution in [-0.2, 0) is 0 Å². The van der Waals surface area contributed by atoms with Crippen LogP contribution in [0.1, 0.15) is 19.3 Å². The Bertz CT molecular complexity index is 874. The molecule has 4 rings (SSSR count). The van der Waals surface area contributed by atoms with E-state index in [-0.39, 0.29) is 0 Å². The highest BCUT2D eigenvalue weighted by Crippen LogP contribution is 2.24. The van der Waals surface area contributed by atoms with Crippen LogP contribution in [0.4, 0.5) is 5.95 Å². The molecule has 4 heterocycles. The summed E-state index contributed by atoms with van der Waals surface area (Å²) in [5.74, 6) is 0.611. The average molecular weight is 370 g/mol. The molecule has 1 saturated heterocycles. The summed E-state index contributed by atoms with van der Waals surface area (Å²) in [5.41, 5.74) is 2.25. The summed E-state index contributed by atoms with van der Waals surface area (Å²) in [5, 5.41) is 12.2. The number of nitrogens with one attached hydrogen (secondary N) is 2. The van der Waals surface area contributed by atoms with Crippen LogP contribution in [0.2, 0.25) is 0 Å². The van der Waals surface area contributed by atoms with Gasteiger partial charge >= 0.3 is 0 Å². The van der Waals surface area contributed by atoms with Crippen molar-refractivity contribution in [3.05, 3.63) is 18.5 Å². The summed E-state index contributed by atoms with van der Waals surface area (Å²) in [6, 6.07) is 1.86. The Balaban J connectivity index is 1.46. The number of fused-ring (bicyclic) bond motifs is 1. The lowest BCUT2D eigenvalue weighted by Crippen LogP contribution is -2.33. The molecule has 0 unspecified atom stereocenters. The van der Waals surface area contributed by atoms with Gasteiger partial charge in [0.05, 0.1) is 16.8 Å². The number of nitrogens with zero attached hydrogens (tertiary/aromatic N) is 6. The van der Waals surface area contributed by atoms with E-state index in [9.17, 15) is 0 Å². The summed E-state index contributed by atoms with van der Waals surface area (Å²) in [7, 11) is 0. The molecule has 0 aliphatic carbocycles. The molecule has 0 amide bonds. The number of hydrogen-bond donors (Lipinski definition) is 2. The van der Waals surface area contributed by atoms with Gasteiger partial charge < -0.3 is 10.2 Å². The minimum absolute atomic E-state index is 0.611. The van der Waals surface area contributed by atoms with Crippen molar-refractivity contribution >= 4 is 28.7 Å². The quantitative estimate of drug-likeness (QED) is 0.504. The fourth-order valence-corrected chi connectivity index (χ4v) is 3.53. The van der Waals surface area contributed by atoms with Crippen LogP contribution in [0.15, 0.2) is 23.6 Å². The first-order valence-corrected chi connectivity index (χ1v) is 10.1. The van der Waals surface area contributed by atoms with E-state index in [1.807, 2.05) is 12.3 Å². The van der Waals surface area contributed by atoms with Gasteiger partial charge in [0.2, 0.25) is 5.95 Å². The Morgan fingerprint density at radius 3 is 2.92 bits per heavy atom. The lowest BCUT2D eigenvalue weighted by Gasteiger charge is -2.26. The predicted octanol–water partition coefficient (Wildman–Crippen LogP) is 2.43. The largest absolute Gasteiger partial charge is 0.353 e. The molecular formula is C17H22N8S. The molecular weight excluding hydrogens is 348 g/mol. The summed E-state index contributed by atoms with van der Waals surface area (Å²) < 4.78 is 0. The third kappa shape index (κ3) is 3.78. The number of anilines is 1. The fourth-order valence-electron chi connectivity index (χ4n) is 3.17. The van der Waals surface area contributed by atoms with E-state index in [1.54, 1.807) is 12.4 Å². The second-order valence-corrected chi connectivity index (χ2v) is 7.06. The maximum Gasteiger partial charge on any atom is 0.224 e. The van der Waals surface area contributed by atoms with Crippen molar-refractivity contribution in [2.24, 2.45) is 0 Å². The van der Waals surface area contributed by atoms with Gasteiger partial charge in [-0.1, -0.05) is 18.2 Å². The van der Waals surface area contributed by atoms with Gasteiger partial charge in [-0.25, -0.2) is 15.0 Å². The highest BCUT2D eigenvalue weighted by molar-refractivity contribution is 7.98. The van der Waals surface area contributed by atoms with Crippen LogP contribution in [0, 0.1) is 0 Å². The van der Waals surface area contributed by atoms with Crippen LogP contribution >= 0.6 is 11.8 Å². The number of H-pyrrole nitrogens is 1. The molecule has 1 aliphatic rings. The van der Waals surface area contributed by atoms with Gasteiger partial charge in [0.15, 0.2) is 10.8 Å². The van der Waals surface area contributed by atoms with Crippen molar-refractivity contribution in [3.8, 4) is 11.4 Å². The zero-order valence-corrected chi connectivity index (χ0v) is 15.6. The maximum atomic E-state index is 4.51. The molecule has 0 aromatic carbocycles. The Morgan fingerprint density at radius 2 is 2.08 bits per heavy atom. The minimum Gasteiger partial charge on any atom is -0.353 e. The third-order valence-electron chi connectivity index (χ3n) is 4.54. The number of aromatic nitrogens is 6. The number of rotatable bonds is 6. The lowest BCUT2D eigenvalue weighted by atomic mass is 10.1. The van der Waals surface area contributed by atoms with Gasteiger partial charge in [-0.15, -0.1) is 0 Å². The first kappa shape index (κ1) is 17.2. The van der Waals surface area contributed by atoms with Crippen molar-refractivity contribution in [2.75, 3.05) is 37.8 Å². The zero-order valence-electron chi connectivity index (χ0n) is 14.8. The van der Waals surface area contributed by atoms with Gasteiger partial charge in [0.1, 0.15) is 0 Å². The molecule has 0 saturated carbocycles. The van der Waals surface area contributed by atoms with E-state index < -0.39 is 0 Å². The van der Waals surface area contributed by atoms with Crippen LogP contribution in [0.5, 0.6) is 0 Å². The van der Waals surface area contributed by atoms with E-state index in [2.05, 4.69) is 40.3 Å². The molecule has 9 heteroatoms. The lowest BCUT2D eigenvalue weighted by molar-refractivity contribution is 0.237. The summed E-state index contributed by atoms with van der Waals surface area (Å²) >= 11 is 1.51. The van der Waals surface area contributed by atoms with Crippen LogP contribution < -0.4 is 5.32 Å². The number of thioether (sulfide) groups is 1. The van der Waals surface area contributed by atoms with E-state index in [4.69, 9.17) is 0 Å². The molecule has 3 aromatic heterocycles. The maximum absolute atomic E-state index is 4.51. The van der Waals surface area contributed by atoms with Crippen LogP contribution in [-0.4, -0.2) is 67.5 Å². The molecule has 8 nitrogen and oxygen atoms in total. The van der Waals surface area contributed by atoms with E-state index >= 15 is 0 Å². The number of piperidine rings is 1. The van der Waals surface area contributed by atoms with Crippen molar-refractivity contribution in [1.82, 2.24) is 35.0 Å². The second kappa shape index (κ2) is 7.96. The number of aromatic amines is 1. The Hall–Kier alpha value is -2.26. The van der Waals surface area contributed by atoms with Gasteiger partial charge in [0, 0.05) is 25.5 Å². The Morgan fingerprint density at radius 1 is 1.19 bits per heavy atom. The predicted molar refractivity (Wildman–Crippen MR) is 103 cm³/mol. The molecule has 1 aliphatic heterocycles. The van der Waals surface area contributed by atoms with Gasteiger partial charge in [-0.2, -0.15) is 10.1 Å². The van der Waals surface area contributed by atoms with Gasteiger partial charge in [-0.05, 0) is 38.3 Å². The van der Waals surface area contributed by atoms with Gasteiger partial charge in [0.25, 0.3) is 0 Å². The molecule has 3 aromatic rings. The highest BCUT2D eigenvalue weighted by atomic mass is 32.2. The SMILES string of the molecule is CSc1nccc(-c2[nH]nc3nc(NCCN4CCCCC4)ncc23)n1. The van der Waals surface area contributed by atoms with Crippen molar-refractivity contribution < 1.29 is 0 Å². The normalized spacial score (nSPS) is 15.4. The van der Waals surface area contributed by atoms with Crippen molar-refractivity contribution in [1.29, 1.82) is 0 Å². The second-order valence-electron chi connectivity index (χ2n) is 6.29. The topological polar surface area (TPSA) is 95.5 Å². The monoisotopic (exact) mass is 370 g/mol. The smallest absolute Gasteiger partial charge is 0.224 e. The molecule has 0 spiro atoms. The zero-order chi connectivity index (χ0) is 17.8. The van der Waals surface area contributed by atoms with Crippen molar-refractivity contribution in [2.45, 2.75) is 24.4 Å². The molecule has 2 N–H and O–H groups in total. The molecule has 0 atom stereocenters. The van der Waals surface area contributed by atoms with E-state index in [1.165, 1.54) is 44.1 Å². The van der Waals surface area contributed by atoms with Crippen LogP contribution in [0.3, 0.4) is 0 Å². The highest BCUT2D eigenvalue weighted by Gasteiger charge is 2.13. The number of hydrogen-bond acceptors (Lipinski definition) is 8. The molecule has 0 radical (unpaired) electrons. The number of likely N-dealkylation sites (tertiary alicyclic amines) is 1. The first-order valence-electron chi connectivity index (χ1n) is 8.88. The van der Waals surface area contributed by atoms with E-state index in [0.717, 1.165) is 35.0 Å². The third-order valence-corrected chi connectivity index (χ3v) is 5.11. The fraction of sp³-hybridized carbons (Fsp3) is 0.471. The van der Waals surface area contributed by atoms with Crippen molar-refractivity contribution in [3.63, 3.8) is 0 Å².